The van der Waals surface area contributed by atoms with Gasteiger partial charge >= 0.3 is 18.2 Å². The Kier molecular flexibility index (Phi) is 8.60. The number of ether oxygens (including phenoxy) is 2. The molecule has 0 saturated heterocycles. The fraction of sp³-hybridized carbons (Fsp3) is 0.120. The van der Waals surface area contributed by atoms with Gasteiger partial charge in [0.1, 0.15) is 5.69 Å². The molecule has 3 amide bonds. The van der Waals surface area contributed by atoms with Crippen molar-refractivity contribution in [3.8, 4) is 22.6 Å². The van der Waals surface area contributed by atoms with E-state index >= 15 is 0 Å². The van der Waals surface area contributed by atoms with Crippen molar-refractivity contribution in [3.63, 3.8) is 0 Å². The predicted octanol–water partition coefficient (Wildman–Crippen LogP) is 4.62. The van der Waals surface area contributed by atoms with Crippen molar-refractivity contribution in [2.75, 3.05) is 24.9 Å². The molecular weight excluding hydrogens is 523 g/mol. The largest absolute Gasteiger partial charge is 0.493 e. The van der Waals surface area contributed by atoms with Crippen molar-refractivity contribution < 1.29 is 42.1 Å². The Hall–Kier alpha value is -5.27. The number of nitrogens with two attached hydrogens (primary N) is 1. The van der Waals surface area contributed by atoms with Gasteiger partial charge in [-0.05, 0) is 35.9 Å². The zero-order chi connectivity index (χ0) is 28.7. The van der Waals surface area contributed by atoms with E-state index in [2.05, 4.69) is 20.6 Å². The number of urea groups is 1. The summed E-state index contributed by atoms with van der Waals surface area (Å²) in [6, 6.07) is 13.6. The van der Waals surface area contributed by atoms with Gasteiger partial charge in [-0.15, -0.1) is 0 Å². The number of hydrogen-bond acceptors (Lipinski definition) is 6. The van der Waals surface area contributed by atoms with E-state index in [1.54, 1.807) is 49.8 Å². The molecule has 0 aliphatic carbocycles. The summed E-state index contributed by atoms with van der Waals surface area (Å²) in [5, 5.41) is 13.5. The third-order valence-corrected chi connectivity index (χ3v) is 5.16. The van der Waals surface area contributed by atoms with Gasteiger partial charge in [0.15, 0.2) is 11.5 Å². The van der Waals surface area contributed by atoms with Gasteiger partial charge in [-0.3, -0.25) is 9.78 Å². The number of rotatable bonds is 6. The number of carbonyl (C=O) groups excluding carboxylic acids is 2. The van der Waals surface area contributed by atoms with Crippen molar-refractivity contribution in [1.29, 1.82) is 0 Å². The van der Waals surface area contributed by atoms with Crippen LogP contribution in [0.25, 0.3) is 22.0 Å². The third kappa shape index (κ3) is 6.94. The minimum absolute atomic E-state index is 0.305. The molecule has 0 aliphatic heterocycles. The summed E-state index contributed by atoms with van der Waals surface area (Å²) < 4.78 is 42.2. The van der Waals surface area contributed by atoms with Crippen LogP contribution < -0.4 is 25.8 Å². The number of methoxy groups -OCH3 is 2. The normalized spacial score (nSPS) is 10.7. The molecular formula is C25H22F3N5O6. The van der Waals surface area contributed by atoms with Crippen LogP contribution in [-0.4, -0.2) is 53.4 Å². The molecule has 0 saturated carbocycles. The molecule has 4 aromatic rings. The highest BCUT2D eigenvalue weighted by molar-refractivity contribution is 6.09. The number of carboxylic acid groups (broad SMARTS) is 1. The second kappa shape index (κ2) is 11.9. The third-order valence-electron chi connectivity index (χ3n) is 5.16. The molecule has 0 unspecified atom stereocenters. The lowest BCUT2D eigenvalue weighted by molar-refractivity contribution is -0.192. The molecule has 4 rings (SSSR count). The standard InChI is InChI=1S/C23H21N5O4.C2HF3O2/c1-31-18-8-7-15(11-19(18)32-2)27-23(30)26-14-5-3-13(4-6-14)20-16-9-10-25-12-17(16)28-21(20)22(24)29;3-2(4,5)1(6)7/h3-12,28H,1-2H3,(H2,24,29)(H2,26,27,30);(H,6,7). The smallest absolute Gasteiger partial charge is 0.490 e. The average Bonchev–Trinajstić information content (AvgIpc) is 3.29. The molecule has 39 heavy (non-hydrogen) atoms. The zero-order valence-electron chi connectivity index (χ0n) is 20.4. The first-order valence-corrected chi connectivity index (χ1v) is 10.9. The number of aromatic nitrogens is 2. The molecule has 2 aromatic carbocycles. The minimum atomic E-state index is -5.08. The van der Waals surface area contributed by atoms with Crippen LogP contribution in [-0.2, 0) is 4.79 Å². The molecule has 6 N–H and O–H groups in total. The summed E-state index contributed by atoms with van der Waals surface area (Å²) in [5.74, 6) is -2.24. The van der Waals surface area contributed by atoms with E-state index in [-0.39, 0.29) is 0 Å². The van der Waals surface area contributed by atoms with Crippen molar-refractivity contribution in [2.24, 2.45) is 5.73 Å². The number of hydrogen-bond donors (Lipinski definition) is 5. The number of pyridine rings is 1. The van der Waals surface area contributed by atoms with Gasteiger partial charge in [-0.1, -0.05) is 12.1 Å². The number of amides is 3. The van der Waals surface area contributed by atoms with Crippen LogP contribution in [0.2, 0.25) is 0 Å². The van der Waals surface area contributed by atoms with Gasteiger partial charge in [-0.2, -0.15) is 13.2 Å². The highest BCUT2D eigenvalue weighted by Gasteiger charge is 2.38. The molecule has 2 aromatic heterocycles. The average molecular weight is 545 g/mol. The van der Waals surface area contributed by atoms with Crippen LogP contribution in [0.1, 0.15) is 10.5 Å². The summed E-state index contributed by atoms with van der Waals surface area (Å²) >= 11 is 0. The fourth-order valence-corrected chi connectivity index (χ4v) is 3.46. The first-order chi connectivity index (χ1) is 18.4. The number of benzene rings is 2. The number of H-pyrrole nitrogens is 1. The maximum absolute atomic E-state index is 12.4. The lowest BCUT2D eigenvalue weighted by Gasteiger charge is -2.11. The molecule has 0 spiro atoms. The Labute approximate surface area is 218 Å². The van der Waals surface area contributed by atoms with E-state index in [9.17, 15) is 22.8 Å². The molecule has 0 atom stereocenters. The first-order valence-electron chi connectivity index (χ1n) is 10.9. The number of carboxylic acids is 1. The summed E-state index contributed by atoms with van der Waals surface area (Å²) in [4.78, 5) is 40.3. The number of aromatic amines is 1. The molecule has 0 fully saturated rings. The quantitative estimate of drug-likeness (QED) is 0.235. The number of fused-ring (bicyclic) bond motifs is 1. The summed E-state index contributed by atoms with van der Waals surface area (Å²) in [7, 11) is 3.07. The number of alkyl halides is 3. The maximum atomic E-state index is 12.4. The van der Waals surface area contributed by atoms with Crippen molar-refractivity contribution in [3.05, 3.63) is 66.6 Å². The van der Waals surface area contributed by atoms with Gasteiger partial charge < -0.3 is 35.9 Å². The Morgan fingerprint density at radius 2 is 1.54 bits per heavy atom. The Balaban J connectivity index is 0.000000532. The monoisotopic (exact) mass is 545 g/mol. The second-order valence-corrected chi connectivity index (χ2v) is 7.69. The Morgan fingerprint density at radius 3 is 2.10 bits per heavy atom. The molecule has 0 radical (unpaired) electrons. The van der Waals surface area contributed by atoms with E-state index in [1.807, 2.05) is 18.2 Å². The number of aliphatic carboxylic acids is 1. The van der Waals surface area contributed by atoms with Gasteiger partial charge in [0.05, 0.1) is 25.9 Å². The van der Waals surface area contributed by atoms with E-state index in [4.69, 9.17) is 25.1 Å². The summed E-state index contributed by atoms with van der Waals surface area (Å²) in [6.45, 7) is 0. The van der Waals surface area contributed by atoms with E-state index in [0.29, 0.717) is 39.6 Å². The first kappa shape index (κ1) is 28.3. The number of nitrogens with one attached hydrogen (secondary N) is 3. The van der Waals surface area contributed by atoms with Crippen LogP contribution >= 0.6 is 0 Å². The lowest BCUT2D eigenvalue weighted by Crippen LogP contribution is -2.21. The van der Waals surface area contributed by atoms with Crippen LogP contribution in [0.5, 0.6) is 11.5 Å². The van der Waals surface area contributed by atoms with Gasteiger partial charge in [0.2, 0.25) is 0 Å². The molecule has 0 bridgehead atoms. The summed E-state index contributed by atoms with van der Waals surface area (Å²) in [5.41, 5.74) is 9.17. The molecule has 0 aliphatic rings. The predicted molar refractivity (Wildman–Crippen MR) is 136 cm³/mol. The fourth-order valence-electron chi connectivity index (χ4n) is 3.46. The molecule has 11 nitrogen and oxygen atoms in total. The molecule has 2 heterocycles. The Bertz CT molecular complexity index is 1500. The SMILES string of the molecule is COc1ccc(NC(=O)Nc2ccc(-c3c(C(N)=O)[nH]c4cnccc34)cc2)cc1OC.O=C(O)C(F)(F)F. The molecule has 14 heteroatoms. The number of halogens is 3. The highest BCUT2D eigenvalue weighted by atomic mass is 19.4. The zero-order valence-corrected chi connectivity index (χ0v) is 20.4. The van der Waals surface area contributed by atoms with Crippen LogP contribution in [0.15, 0.2) is 60.9 Å². The van der Waals surface area contributed by atoms with Crippen LogP contribution in [0.3, 0.4) is 0 Å². The van der Waals surface area contributed by atoms with Crippen molar-refractivity contribution in [1.82, 2.24) is 9.97 Å². The minimum Gasteiger partial charge on any atom is -0.493 e. The second-order valence-electron chi connectivity index (χ2n) is 7.69. The van der Waals surface area contributed by atoms with Crippen molar-refractivity contribution in [2.45, 2.75) is 6.18 Å². The number of nitrogens with zero attached hydrogens (tertiary/aromatic N) is 1. The lowest BCUT2D eigenvalue weighted by atomic mass is 10.0. The topological polar surface area (TPSA) is 169 Å². The maximum Gasteiger partial charge on any atom is 0.490 e. The Morgan fingerprint density at radius 1 is 0.949 bits per heavy atom. The number of anilines is 2. The number of carbonyl (C=O) groups is 3. The number of primary amides is 1. The van der Waals surface area contributed by atoms with Gasteiger partial charge in [0.25, 0.3) is 5.91 Å². The van der Waals surface area contributed by atoms with Crippen LogP contribution in [0.4, 0.5) is 29.3 Å². The summed E-state index contributed by atoms with van der Waals surface area (Å²) in [6.07, 6.45) is -1.79. The highest BCUT2D eigenvalue weighted by Crippen LogP contribution is 2.33. The van der Waals surface area contributed by atoms with Gasteiger partial charge in [0, 0.05) is 34.6 Å². The van der Waals surface area contributed by atoms with E-state index in [1.165, 1.54) is 7.11 Å². The van der Waals surface area contributed by atoms with Gasteiger partial charge in [-0.25, -0.2) is 9.59 Å². The van der Waals surface area contributed by atoms with Crippen LogP contribution in [0, 0.1) is 0 Å². The van der Waals surface area contributed by atoms with Crippen molar-refractivity contribution >= 4 is 40.2 Å². The van der Waals surface area contributed by atoms with E-state index in [0.717, 1.165) is 10.9 Å². The molecule has 204 valence electrons. The van der Waals surface area contributed by atoms with E-state index < -0.39 is 24.1 Å².